The first-order valence-corrected chi connectivity index (χ1v) is 7.28. The van der Waals surface area contributed by atoms with E-state index in [1.54, 1.807) is 48.9 Å². The van der Waals surface area contributed by atoms with Crippen LogP contribution in [-0.4, -0.2) is 26.6 Å². The van der Waals surface area contributed by atoms with Gasteiger partial charge in [-0.3, -0.25) is 9.59 Å². The monoisotopic (exact) mass is 321 g/mol. The quantitative estimate of drug-likeness (QED) is 0.723. The summed E-state index contributed by atoms with van der Waals surface area (Å²) in [5.41, 5.74) is 1.86. The van der Waals surface area contributed by atoms with Gasteiger partial charge in [-0.1, -0.05) is 18.2 Å². The summed E-state index contributed by atoms with van der Waals surface area (Å²) >= 11 is 0. The predicted molar refractivity (Wildman–Crippen MR) is 89.8 cm³/mol. The van der Waals surface area contributed by atoms with E-state index in [2.05, 4.69) is 20.7 Å². The molecular weight excluding hydrogens is 306 g/mol. The highest BCUT2D eigenvalue weighted by Crippen LogP contribution is 2.17. The Morgan fingerprint density at radius 3 is 2.33 bits per heavy atom. The summed E-state index contributed by atoms with van der Waals surface area (Å²) in [6, 6.07) is 12.3. The molecule has 0 fully saturated rings. The molecule has 0 bridgehead atoms. The second kappa shape index (κ2) is 6.74. The third-order valence-electron chi connectivity index (χ3n) is 3.36. The number of aryl methyl sites for hydroxylation is 1. The molecule has 0 spiro atoms. The molecule has 0 atom stereocenters. The van der Waals surface area contributed by atoms with Gasteiger partial charge in [-0.25, -0.2) is 9.67 Å². The van der Waals surface area contributed by atoms with Crippen molar-refractivity contribution in [3.63, 3.8) is 0 Å². The number of benzene rings is 1. The molecule has 3 rings (SSSR count). The first-order valence-electron chi connectivity index (χ1n) is 7.28. The minimum atomic E-state index is -0.778. The largest absolute Gasteiger partial charge is 0.318 e. The number of anilines is 2. The van der Waals surface area contributed by atoms with Crippen molar-refractivity contribution < 1.29 is 9.59 Å². The van der Waals surface area contributed by atoms with Gasteiger partial charge in [0.2, 0.25) is 0 Å². The van der Waals surface area contributed by atoms with Crippen molar-refractivity contribution in [2.45, 2.75) is 6.92 Å². The lowest BCUT2D eigenvalue weighted by Crippen LogP contribution is -2.29. The Bertz CT molecular complexity index is 874. The zero-order chi connectivity index (χ0) is 16.9. The van der Waals surface area contributed by atoms with E-state index in [1.807, 2.05) is 19.1 Å². The van der Waals surface area contributed by atoms with Gasteiger partial charge in [0.25, 0.3) is 0 Å². The number of carbonyl (C=O) groups is 2. The number of nitrogens with zero attached hydrogens (tertiary/aromatic N) is 3. The lowest BCUT2D eigenvalue weighted by Gasteiger charge is -2.11. The Morgan fingerprint density at radius 1 is 0.917 bits per heavy atom. The zero-order valence-corrected chi connectivity index (χ0v) is 12.9. The number of nitrogens with one attached hydrogen (secondary N) is 2. The molecule has 0 radical (unpaired) electrons. The van der Waals surface area contributed by atoms with Gasteiger partial charge in [0.05, 0.1) is 5.69 Å². The van der Waals surface area contributed by atoms with Crippen LogP contribution >= 0.6 is 0 Å². The van der Waals surface area contributed by atoms with Crippen LogP contribution in [0.4, 0.5) is 11.4 Å². The van der Waals surface area contributed by atoms with E-state index in [4.69, 9.17) is 0 Å². The van der Waals surface area contributed by atoms with Gasteiger partial charge in [0.1, 0.15) is 0 Å². The van der Waals surface area contributed by atoms with Crippen molar-refractivity contribution in [3.05, 3.63) is 66.6 Å². The number of hydrogen-bond acceptors (Lipinski definition) is 4. The van der Waals surface area contributed by atoms with E-state index in [1.165, 1.54) is 4.68 Å². The SMILES string of the molecule is Cc1ccccc1NC(=O)C(=O)Nc1cccnc1-n1cccn1. The molecule has 0 unspecified atom stereocenters. The van der Waals surface area contributed by atoms with Crippen LogP contribution in [0.15, 0.2) is 61.1 Å². The zero-order valence-electron chi connectivity index (χ0n) is 12.9. The Balaban J connectivity index is 1.76. The molecule has 0 saturated heterocycles. The molecule has 2 heterocycles. The maximum absolute atomic E-state index is 12.2. The number of para-hydroxylation sites is 1. The number of hydrogen-bond donors (Lipinski definition) is 2. The van der Waals surface area contributed by atoms with Crippen LogP contribution in [-0.2, 0) is 9.59 Å². The lowest BCUT2D eigenvalue weighted by molar-refractivity contribution is -0.133. The van der Waals surface area contributed by atoms with Crippen LogP contribution < -0.4 is 10.6 Å². The fourth-order valence-electron chi connectivity index (χ4n) is 2.14. The second-order valence-electron chi connectivity index (χ2n) is 5.05. The highest BCUT2D eigenvalue weighted by molar-refractivity contribution is 6.43. The van der Waals surface area contributed by atoms with E-state index in [0.29, 0.717) is 17.2 Å². The summed E-state index contributed by atoms with van der Waals surface area (Å²) in [4.78, 5) is 28.5. The summed E-state index contributed by atoms with van der Waals surface area (Å²) in [5.74, 6) is -1.10. The molecule has 7 nitrogen and oxygen atoms in total. The normalized spacial score (nSPS) is 10.2. The molecule has 0 aliphatic heterocycles. The Morgan fingerprint density at radius 2 is 1.62 bits per heavy atom. The number of carbonyl (C=O) groups excluding carboxylic acids is 2. The van der Waals surface area contributed by atoms with Crippen molar-refractivity contribution in [2.24, 2.45) is 0 Å². The fourth-order valence-corrected chi connectivity index (χ4v) is 2.14. The summed E-state index contributed by atoms with van der Waals surface area (Å²) in [5, 5.41) is 9.24. The third-order valence-corrected chi connectivity index (χ3v) is 3.36. The van der Waals surface area contributed by atoms with Gasteiger partial charge in [-0.15, -0.1) is 0 Å². The fraction of sp³-hybridized carbons (Fsp3) is 0.0588. The number of amides is 2. The Hall–Kier alpha value is -3.48. The molecule has 3 aromatic rings. The highest BCUT2D eigenvalue weighted by atomic mass is 16.2. The molecule has 2 N–H and O–H groups in total. The predicted octanol–water partition coefficient (Wildman–Crippen LogP) is 2.15. The van der Waals surface area contributed by atoms with Gasteiger partial charge in [-0.05, 0) is 36.8 Å². The first-order chi connectivity index (χ1) is 11.6. The third kappa shape index (κ3) is 3.30. The smallest absolute Gasteiger partial charge is 0.314 e. The Labute approximate surface area is 138 Å². The molecule has 120 valence electrons. The van der Waals surface area contributed by atoms with Crippen molar-refractivity contribution in [3.8, 4) is 5.82 Å². The van der Waals surface area contributed by atoms with Crippen LogP contribution in [0.3, 0.4) is 0 Å². The van der Waals surface area contributed by atoms with E-state index in [0.717, 1.165) is 5.56 Å². The number of rotatable bonds is 3. The van der Waals surface area contributed by atoms with Crippen molar-refractivity contribution in [2.75, 3.05) is 10.6 Å². The molecule has 2 aromatic heterocycles. The average molecular weight is 321 g/mol. The van der Waals surface area contributed by atoms with E-state index in [9.17, 15) is 9.59 Å². The maximum atomic E-state index is 12.2. The molecule has 0 aliphatic carbocycles. The number of pyridine rings is 1. The average Bonchev–Trinajstić information content (AvgIpc) is 3.11. The summed E-state index contributed by atoms with van der Waals surface area (Å²) in [7, 11) is 0. The van der Waals surface area contributed by atoms with Gasteiger partial charge in [0, 0.05) is 24.3 Å². The van der Waals surface area contributed by atoms with Crippen molar-refractivity contribution in [1.29, 1.82) is 0 Å². The molecule has 1 aromatic carbocycles. The topological polar surface area (TPSA) is 88.9 Å². The van der Waals surface area contributed by atoms with Gasteiger partial charge in [-0.2, -0.15) is 5.10 Å². The van der Waals surface area contributed by atoms with Crippen LogP contribution in [0.5, 0.6) is 0 Å². The summed E-state index contributed by atoms with van der Waals surface area (Å²) in [6.07, 6.45) is 4.89. The summed E-state index contributed by atoms with van der Waals surface area (Å²) < 4.78 is 1.51. The molecular formula is C17H15N5O2. The Kier molecular flexibility index (Phi) is 4.33. The van der Waals surface area contributed by atoms with Crippen molar-refractivity contribution >= 4 is 23.2 Å². The standard InChI is InChI=1S/C17H15N5O2/c1-12-6-2-3-7-13(12)20-16(23)17(24)21-14-8-4-9-18-15(14)22-11-5-10-19-22/h2-11H,1H3,(H,20,23)(H,21,24). The lowest BCUT2D eigenvalue weighted by atomic mass is 10.2. The van der Waals surface area contributed by atoms with Gasteiger partial charge < -0.3 is 10.6 Å². The van der Waals surface area contributed by atoms with E-state index in [-0.39, 0.29) is 0 Å². The van der Waals surface area contributed by atoms with Gasteiger partial charge in [0.15, 0.2) is 5.82 Å². The van der Waals surface area contributed by atoms with E-state index >= 15 is 0 Å². The van der Waals surface area contributed by atoms with Crippen molar-refractivity contribution in [1.82, 2.24) is 14.8 Å². The maximum Gasteiger partial charge on any atom is 0.314 e. The second-order valence-corrected chi connectivity index (χ2v) is 5.05. The molecule has 0 saturated carbocycles. The minimum absolute atomic E-state index is 0.395. The molecule has 24 heavy (non-hydrogen) atoms. The minimum Gasteiger partial charge on any atom is -0.318 e. The number of aromatic nitrogens is 3. The van der Waals surface area contributed by atoms with Crippen LogP contribution in [0.1, 0.15) is 5.56 Å². The van der Waals surface area contributed by atoms with Crippen LogP contribution in [0.25, 0.3) is 5.82 Å². The van der Waals surface area contributed by atoms with Gasteiger partial charge >= 0.3 is 11.8 Å². The first kappa shape index (κ1) is 15.4. The molecule has 0 aliphatic rings. The van der Waals surface area contributed by atoms with Crippen LogP contribution in [0, 0.1) is 6.92 Å². The van der Waals surface area contributed by atoms with E-state index < -0.39 is 11.8 Å². The molecule has 7 heteroatoms. The van der Waals surface area contributed by atoms with Crippen LogP contribution in [0.2, 0.25) is 0 Å². The molecule has 2 amide bonds. The highest BCUT2D eigenvalue weighted by Gasteiger charge is 2.17. The summed E-state index contributed by atoms with van der Waals surface area (Å²) in [6.45, 7) is 1.85.